The molecule has 21 heavy (non-hydrogen) atoms. The van der Waals surface area contributed by atoms with Gasteiger partial charge in [0.25, 0.3) is 15.9 Å². The van der Waals surface area contributed by atoms with Gasteiger partial charge in [-0.3, -0.25) is 9.52 Å². The van der Waals surface area contributed by atoms with E-state index < -0.39 is 10.0 Å². The highest BCUT2D eigenvalue weighted by Gasteiger charge is 2.18. The lowest BCUT2D eigenvalue weighted by Crippen LogP contribution is -2.21. The number of sulfonamides is 1. The van der Waals surface area contributed by atoms with Gasteiger partial charge in [-0.2, -0.15) is 0 Å². The SMILES string of the molecule is CNC(=O)c1ccccc1NS(=O)(=O)c1ccc(N)nc1. The van der Waals surface area contributed by atoms with E-state index in [-0.39, 0.29) is 27.9 Å². The minimum absolute atomic E-state index is 0.0385. The summed E-state index contributed by atoms with van der Waals surface area (Å²) in [7, 11) is -2.37. The van der Waals surface area contributed by atoms with Crippen molar-refractivity contribution in [2.45, 2.75) is 4.90 Å². The lowest BCUT2D eigenvalue weighted by Gasteiger charge is -2.11. The zero-order valence-corrected chi connectivity index (χ0v) is 12.0. The predicted octanol–water partition coefficient (Wildman–Crippen LogP) is 0.824. The van der Waals surface area contributed by atoms with Gasteiger partial charge in [0.15, 0.2) is 0 Å². The average molecular weight is 306 g/mol. The van der Waals surface area contributed by atoms with Crippen molar-refractivity contribution in [3.05, 3.63) is 48.2 Å². The number of benzene rings is 1. The number of carbonyl (C=O) groups is 1. The van der Waals surface area contributed by atoms with Crippen molar-refractivity contribution in [3.63, 3.8) is 0 Å². The Hall–Kier alpha value is -2.61. The first-order valence-electron chi connectivity index (χ1n) is 5.99. The molecule has 0 spiro atoms. The zero-order valence-electron chi connectivity index (χ0n) is 11.2. The van der Waals surface area contributed by atoms with Crippen LogP contribution in [0.2, 0.25) is 0 Å². The maximum Gasteiger partial charge on any atom is 0.263 e. The number of nitrogens with one attached hydrogen (secondary N) is 2. The van der Waals surface area contributed by atoms with Gasteiger partial charge in [-0.15, -0.1) is 0 Å². The summed E-state index contributed by atoms with van der Waals surface area (Å²) < 4.78 is 26.9. The summed E-state index contributed by atoms with van der Waals surface area (Å²) in [6, 6.07) is 9.04. The Balaban J connectivity index is 2.37. The third kappa shape index (κ3) is 3.29. The highest BCUT2D eigenvalue weighted by atomic mass is 32.2. The third-order valence-corrected chi connectivity index (χ3v) is 4.06. The number of carbonyl (C=O) groups excluding carboxylic acids is 1. The van der Waals surface area contributed by atoms with Crippen molar-refractivity contribution < 1.29 is 13.2 Å². The van der Waals surface area contributed by atoms with E-state index in [0.29, 0.717) is 0 Å². The summed E-state index contributed by atoms with van der Waals surface area (Å²) in [6.45, 7) is 0. The minimum Gasteiger partial charge on any atom is -0.384 e. The highest BCUT2D eigenvalue weighted by molar-refractivity contribution is 7.92. The molecule has 7 nitrogen and oxygen atoms in total. The van der Waals surface area contributed by atoms with Crippen molar-refractivity contribution in [2.75, 3.05) is 17.5 Å². The number of aromatic nitrogens is 1. The topological polar surface area (TPSA) is 114 Å². The Bertz CT molecular complexity index is 757. The maximum absolute atomic E-state index is 12.3. The molecule has 0 radical (unpaired) electrons. The number of hydrogen-bond acceptors (Lipinski definition) is 5. The molecular weight excluding hydrogens is 292 g/mol. The van der Waals surface area contributed by atoms with Gasteiger partial charge in [-0.25, -0.2) is 13.4 Å². The van der Waals surface area contributed by atoms with Crippen LogP contribution in [0.4, 0.5) is 11.5 Å². The van der Waals surface area contributed by atoms with Crippen LogP contribution in [0.15, 0.2) is 47.5 Å². The van der Waals surface area contributed by atoms with Crippen LogP contribution in [0.1, 0.15) is 10.4 Å². The molecule has 4 N–H and O–H groups in total. The minimum atomic E-state index is -3.84. The molecule has 2 rings (SSSR count). The molecule has 110 valence electrons. The van der Waals surface area contributed by atoms with Gasteiger partial charge in [-0.1, -0.05) is 12.1 Å². The molecule has 0 aliphatic heterocycles. The third-order valence-electron chi connectivity index (χ3n) is 2.71. The van der Waals surface area contributed by atoms with Crippen LogP contribution in [0.5, 0.6) is 0 Å². The first-order chi connectivity index (χ1) is 9.94. The zero-order chi connectivity index (χ0) is 15.5. The molecule has 1 amide bonds. The molecule has 1 heterocycles. The normalized spacial score (nSPS) is 10.9. The molecule has 2 aromatic rings. The summed E-state index contributed by atoms with van der Waals surface area (Å²) in [4.78, 5) is 15.4. The lowest BCUT2D eigenvalue weighted by atomic mass is 10.2. The summed E-state index contributed by atoms with van der Waals surface area (Å²) in [5.74, 6) is -0.163. The summed E-state index contributed by atoms with van der Waals surface area (Å²) in [5.41, 5.74) is 5.84. The van der Waals surface area contributed by atoms with Crippen LogP contribution in [0.25, 0.3) is 0 Å². The Morgan fingerprint density at radius 1 is 1.19 bits per heavy atom. The number of rotatable bonds is 4. The number of para-hydroxylation sites is 1. The standard InChI is InChI=1S/C13H14N4O3S/c1-15-13(18)10-4-2-3-5-11(10)17-21(19,20)9-6-7-12(14)16-8-9/h2-8,17H,1H3,(H2,14,16)(H,15,18). The fraction of sp³-hybridized carbons (Fsp3) is 0.0769. The van der Waals surface area contributed by atoms with E-state index in [2.05, 4.69) is 15.0 Å². The Morgan fingerprint density at radius 2 is 1.90 bits per heavy atom. The number of hydrogen-bond donors (Lipinski definition) is 3. The molecule has 0 aliphatic rings. The monoisotopic (exact) mass is 306 g/mol. The van der Waals surface area contributed by atoms with E-state index in [1.807, 2.05) is 0 Å². The van der Waals surface area contributed by atoms with E-state index in [4.69, 9.17) is 5.73 Å². The first-order valence-corrected chi connectivity index (χ1v) is 7.48. The van der Waals surface area contributed by atoms with Gasteiger partial charge in [0, 0.05) is 13.2 Å². The van der Waals surface area contributed by atoms with Crippen molar-refractivity contribution in [3.8, 4) is 0 Å². The van der Waals surface area contributed by atoms with Crippen LogP contribution in [-0.2, 0) is 10.0 Å². The quantitative estimate of drug-likeness (QED) is 0.774. The molecule has 1 aromatic heterocycles. The van der Waals surface area contributed by atoms with E-state index >= 15 is 0 Å². The second-order valence-corrected chi connectivity index (χ2v) is 5.83. The fourth-order valence-corrected chi connectivity index (χ4v) is 2.68. The fourth-order valence-electron chi connectivity index (χ4n) is 1.66. The Kier molecular flexibility index (Phi) is 4.08. The van der Waals surface area contributed by atoms with Gasteiger partial charge in [-0.05, 0) is 24.3 Å². The van der Waals surface area contributed by atoms with Crippen molar-refractivity contribution >= 4 is 27.4 Å². The number of nitrogen functional groups attached to an aromatic ring is 1. The van der Waals surface area contributed by atoms with E-state index in [1.165, 1.54) is 31.3 Å². The molecule has 1 aromatic carbocycles. The number of anilines is 2. The molecule has 0 bridgehead atoms. The van der Waals surface area contributed by atoms with Gasteiger partial charge in [0.1, 0.15) is 10.7 Å². The van der Waals surface area contributed by atoms with Gasteiger partial charge in [0.2, 0.25) is 0 Å². The lowest BCUT2D eigenvalue weighted by molar-refractivity contribution is 0.0964. The smallest absolute Gasteiger partial charge is 0.263 e. The molecular formula is C13H14N4O3S. The van der Waals surface area contributed by atoms with Gasteiger partial charge in [0.05, 0.1) is 11.3 Å². The van der Waals surface area contributed by atoms with Gasteiger partial charge < -0.3 is 11.1 Å². The van der Waals surface area contributed by atoms with E-state index in [1.54, 1.807) is 12.1 Å². The van der Waals surface area contributed by atoms with E-state index in [9.17, 15) is 13.2 Å². The number of pyridine rings is 1. The Labute approximate surface area is 122 Å². The van der Waals surface area contributed by atoms with Crippen molar-refractivity contribution in [1.82, 2.24) is 10.3 Å². The molecule has 0 atom stereocenters. The van der Waals surface area contributed by atoms with Crippen LogP contribution >= 0.6 is 0 Å². The number of amides is 1. The van der Waals surface area contributed by atoms with Crippen LogP contribution in [-0.4, -0.2) is 26.4 Å². The van der Waals surface area contributed by atoms with Crippen LogP contribution in [0, 0.1) is 0 Å². The van der Waals surface area contributed by atoms with Crippen LogP contribution < -0.4 is 15.8 Å². The molecule has 0 fully saturated rings. The van der Waals surface area contributed by atoms with Crippen LogP contribution in [0.3, 0.4) is 0 Å². The van der Waals surface area contributed by atoms with Crippen molar-refractivity contribution in [1.29, 1.82) is 0 Å². The largest absolute Gasteiger partial charge is 0.384 e. The second kappa shape index (κ2) is 5.80. The highest BCUT2D eigenvalue weighted by Crippen LogP contribution is 2.20. The summed E-state index contributed by atoms with van der Waals surface area (Å²) in [5, 5.41) is 2.45. The predicted molar refractivity (Wildman–Crippen MR) is 79.3 cm³/mol. The molecule has 0 saturated heterocycles. The Morgan fingerprint density at radius 3 is 2.52 bits per heavy atom. The van der Waals surface area contributed by atoms with Gasteiger partial charge >= 0.3 is 0 Å². The first kappa shape index (κ1) is 14.8. The molecule has 0 unspecified atom stereocenters. The maximum atomic E-state index is 12.3. The summed E-state index contributed by atoms with van der Waals surface area (Å²) in [6.07, 6.45) is 1.15. The summed E-state index contributed by atoms with van der Waals surface area (Å²) >= 11 is 0. The number of nitrogens with zero attached hydrogens (tertiary/aromatic N) is 1. The number of nitrogens with two attached hydrogens (primary N) is 1. The van der Waals surface area contributed by atoms with E-state index in [0.717, 1.165) is 6.20 Å². The molecule has 8 heteroatoms. The molecule has 0 aliphatic carbocycles. The van der Waals surface area contributed by atoms with Crippen molar-refractivity contribution in [2.24, 2.45) is 0 Å². The molecule has 0 saturated carbocycles. The second-order valence-electron chi connectivity index (χ2n) is 4.15. The average Bonchev–Trinajstić information content (AvgIpc) is 2.47.